The van der Waals surface area contributed by atoms with Crippen LogP contribution in [0.5, 0.6) is 11.5 Å². The van der Waals surface area contributed by atoms with Gasteiger partial charge in [0.15, 0.2) is 23.0 Å². The molecule has 5 rings (SSSR count). The third-order valence-electron chi connectivity index (χ3n) is 4.38. The van der Waals surface area contributed by atoms with E-state index < -0.39 is 0 Å². The lowest BCUT2D eigenvalue weighted by atomic mass is 10.1. The molecular formula is C19H16N6O2. The number of benzene rings is 1. The Morgan fingerprint density at radius 1 is 1.04 bits per heavy atom. The van der Waals surface area contributed by atoms with Gasteiger partial charge in [0.2, 0.25) is 6.79 Å². The van der Waals surface area contributed by atoms with Crippen LogP contribution in [0.15, 0.2) is 55.1 Å². The SMILES string of the molecule is c1ccc(-n2ncc3c(NCCc4ccc5c(c4)OCO5)ncnc32)nc1. The maximum atomic E-state index is 5.43. The smallest absolute Gasteiger partial charge is 0.231 e. The van der Waals surface area contributed by atoms with Crippen molar-refractivity contribution in [1.82, 2.24) is 24.7 Å². The van der Waals surface area contributed by atoms with Crippen LogP contribution in [0, 0.1) is 0 Å². The number of hydrogen-bond donors (Lipinski definition) is 1. The highest BCUT2D eigenvalue weighted by Crippen LogP contribution is 2.32. The molecular weight excluding hydrogens is 344 g/mol. The molecule has 0 saturated carbocycles. The Labute approximate surface area is 154 Å². The van der Waals surface area contributed by atoms with E-state index in [-0.39, 0.29) is 6.79 Å². The summed E-state index contributed by atoms with van der Waals surface area (Å²) in [6.45, 7) is 1.01. The summed E-state index contributed by atoms with van der Waals surface area (Å²) < 4.78 is 12.5. The first-order valence-corrected chi connectivity index (χ1v) is 8.61. The molecule has 1 aliphatic rings. The fraction of sp³-hybridized carbons (Fsp3) is 0.158. The van der Waals surface area contributed by atoms with Crippen molar-refractivity contribution in [2.45, 2.75) is 6.42 Å². The number of hydrogen-bond acceptors (Lipinski definition) is 7. The number of nitrogens with zero attached hydrogens (tertiary/aromatic N) is 5. The molecule has 0 amide bonds. The van der Waals surface area contributed by atoms with Gasteiger partial charge in [-0.25, -0.2) is 15.0 Å². The molecule has 8 nitrogen and oxygen atoms in total. The van der Waals surface area contributed by atoms with E-state index in [1.165, 1.54) is 11.9 Å². The maximum Gasteiger partial charge on any atom is 0.231 e. The largest absolute Gasteiger partial charge is 0.454 e. The Kier molecular flexibility index (Phi) is 3.78. The van der Waals surface area contributed by atoms with Gasteiger partial charge in [-0.2, -0.15) is 9.78 Å². The van der Waals surface area contributed by atoms with E-state index in [1.807, 2.05) is 36.4 Å². The van der Waals surface area contributed by atoms with Crippen molar-refractivity contribution in [3.8, 4) is 17.3 Å². The zero-order chi connectivity index (χ0) is 18.1. The van der Waals surface area contributed by atoms with Crippen molar-refractivity contribution in [1.29, 1.82) is 0 Å². The summed E-state index contributed by atoms with van der Waals surface area (Å²) in [7, 11) is 0. The van der Waals surface area contributed by atoms with E-state index in [2.05, 4.69) is 25.4 Å². The Morgan fingerprint density at radius 3 is 2.93 bits per heavy atom. The number of fused-ring (bicyclic) bond motifs is 2. The Morgan fingerprint density at radius 2 is 2.00 bits per heavy atom. The summed E-state index contributed by atoms with van der Waals surface area (Å²) >= 11 is 0. The maximum absolute atomic E-state index is 5.43. The molecule has 8 heteroatoms. The third kappa shape index (κ3) is 2.91. The van der Waals surface area contributed by atoms with Crippen LogP contribution in [-0.4, -0.2) is 38.1 Å². The lowest BCUT2D eigenvalue weighted by molar-refractivity contribution is 0.174. The van der Waals surface area contributed by atoms with E-state index in [1.54, 1.807) is 17.1 Å². The number of rotatable bonds is 5. The molecule has 134 valence electrons. The van der Waals surface area contributed by atoms with E-state index in [4.69, 9.17) is 9.47 Å². The third-order valence-corrected chi connectivity index (χ3v) is 4.38. The highest BCUT2D eigenvalue weighted by molar-refractivity contribution is 5.86. The van der Waals surface area contributed by atoms with E-state index in [0.717, 1.165) is 41.5 Å². The highest BCUT2D eigenvalue weighted by Gasteiger charge is 2.14. The minimum atomic E-state index is 0.288. The average Bonchev–Trinajstić information content (AvgIpc) is 3.35. The quantitative estimate of drug-likeness (QED) is 0.585. The van der Waals surface area contributed by atoms with Gasteiger partial charge in [-0.1, -0.05) is 12.1 Å². The average molecular weight is 360 g/mol. The lowest BCUT2D eigenvalue weighted by Gasteiger charge is -2.07. The monoisotopic (exact) mass is 360 g/mol. The molecule has 1 aliphatic heterocycles. The van der Waals surface area contributed by atoms with E-state index in [0.29, 0.717) is 5.65 Å². The minimum absolute atomic E-state index is 0.288. The molecule has 1 aromatic carbocycles. The van der Waals surface area contributed by atoms with Crippen LogP contribution in [0.25, 0.3) is 16.9 Å². The number of pyridine rings is 1. The summed E-state index contributed by atoms with van der Waals surface area (Å²) in [5.74, 6) is 3.07. The van der Waals surface area contributed by atoms with Gasteiger partial charge in [0.05, 0.1) is 11.6 Å². The van der Waals surface area contributed by atoms with Crippen LogP contribution in [0.1, 0.15) is 5.56 Å². The van der Waals surface area contributed by atoms with Gasteiger partial charge in [-0.15, -0.1) is 0 Å². The standard InChI is InChI=1S/C19H16N6O2/c1-2-7-20-17(3-1)25-19-14(10-24-25)18(22-11-23-19)21-8-6-13-4-5-15-16(9-13)27-12-26-15/h1-5,7,9-11H,6,8,12H2,(H,21,22,23). The van der Waals surface area contributed by atoms with Crippen molar-refractivity contribution in [3.05, 3.63) is 60.7 Å². The zero-order valence-electron chi connectivity index (χ0n) is 14.4. The Bertz CT molecular complexity index is 1100. The topological polar surface area (TPSA) is 87.0 Å². The van der Waals surface area contributed by atoms with Crippen LogP contribution < -0.4 is 14.8 Å². The second-order valence-electron chi connectivity index (χ2n) is 6.07. The number of nitrogens with one attached hydrogen (secondary N) is 1. The van der Waals surface area contributed by atoms with Gasteiger partial charge in [0, 0.05) is 12.7 Å². The van der Waals surface area contributed by atoms with Crippen molar-refractivity contribution in [3.63, 3.8) is 0 Å². The molecule has 0 bridgehead atoms. The van der Waals surface area contributed by atoms with Crippen molar-refractivity contribution < 1.29 is 9.47 Å². The van der Waals surface area contributed by atoms with Crippen molar-refractivity contribution in [2.75, 3.05) is 18.7 Å². The van der Waals surface area contributed by atoms with Crippen LogP contribution in [0.4, 0.5) is 5.82 Å². The van der Waals surface area contributed by atoms with Gasteiger partial charge in [0.1, 0.15) is 12.1 Å². The number of anilines is 1. The van der Waals surface area contributed by atoms with E-state index in [9.17, 15) is 0 Å². The lowest BCUT2D eigenvalue weighted by Crippen LogP contribution is -2.07. The van der Waals surface area contributed by atoms with Crippen LogP contribution >= 0.6 is 0 Å². The van der Waals surface area contributed by atoms with Gasteiger partial charge in [-0.05, 0) is 36.2 Å². The number of ether oxygens (including phenoxy) is 2. The first kappa shape index (κ1) is 15.6. The number of aromatic nitrogens is 5. The molecule has 4 heterocycles. The van der Waals surface area contributed by atoms with Gasteiger partial charge < -0.3 is 14.8 Å². The Hall–Kier alpha value is -3.68. The molecule has 3 aromatic heterocycles. The van der Waals surface area contributed by atoms with Gasteiger partial charge >= 0.3 is 0 Å². The second kappa shape index (κ2) is 6.56. The fourth-order valence-corrected chi connectivity index (χ4v) is 3.05. The molecule has 0 fully saturated rings. The van der Waals surface area contributed by atoms with Crippen LogP contribution in [0.3, 0.4) is 0 Å². The minimum Gasteiger partial charge on any atom is -0.454 e. The fourth-order valence-electron chi connectivity index (χ4n) is 3.05. The summed E-state index contributed by atoms with van der Waals surface area (Å²) in [5, 5.41) is 8.64. The summed E-state index contributed by atoms with van der Waals surface area (Å²) in [4.78, 5) is 13.1. The molecule has 0 aliphatic carbocycles. The van der Waals surface area contributed by atoms with Gasteiger partial charge in [-0.3, -0.25) is 0 Å². The molecule has 0 atom stereocenters. The van der Waals surface area contributed by atoms with Crippen LogP contribution in [-0.2, 0) is 6.42 Å². The Balaban J connectivity index is 1.34. The first-order valence-electron chi connectivity index (χ1n) is 8.61. The molecule has 0 radical (unpaired) electrons. The molecule has 1 N–H and O–H groups in total. The molecule has 0 spiro atoms. The second-order valence-corrected chi connectivity index (χ2v) is 6.07. The normalized spacial score (nSPS) is 12.4. The van der Waals surface area contributed by atoms with Crippen LogP contribution in [0.2, 0.25) is 0 Å². The predicted octanol–water partition coefficient (Wildman–Crippen LogP) is 2.59. The van der Waals surface area contributed by atoms with Crippen molar-refractivity contribution in [2.24, 2.45) is 0 Å². The molecule has 27 heavy (non-hydrogen) atoms. The summed E-state index contributed by atoms with van der Waals surface area (Å²) in [5.41, 5.74) is 1.88. The molecule has 0 saturated heterocycles. The highest BCUT2D eigenvalue weighted by atomic mass is 16.7. The predicted molar refractivity (Wildman–Crippen MR) is 99.2 cm³/mol. The van der Waals surface area contributed by atoms with E-state index >= 15 is 0 Å². The summed E-state index contributed by atoms with van der Waals surface area (Å²) in [6.07, 6.45) is 5.85. The zero-order valence-corrected chi connectivity index (χ0v) is 14.4. The molecule has 0 unspecified atom stereocenters. The summed E-state index contributed by atoms with van der Waals surface area (Å²) in [6, 6.07) is 11.7. The molecule has 4 aromatic rings. The van der Waals surface area contributed by atoms with Crippen molar-refractivity contribution >= 4 is 16.9 Å². The van der Waals surface area contributed by atoms with Gasteiger partial charge in [0.25, 0.3) is 0 Å². The first-order chi connectivity index (χ1) is 13.4.